The number of benzene rings is 1. The molecule has 0 saturated carbocycles. The van der Waals surface area contributed by atoms with Crippen LogP contribution in [0.5, 0.6) is 0 Å². The first-order valence-corrected chi connectivity index (χ1v) is 9.68. The summed E-state index contributed by atoms with van der Waals surface area (Å²) in [5.41, 5.74) is 3.35. The summed E-state index contributed by atoms with van der Waals surface area (Å²) in [5.74, 6) is 0.154. The Bertz CT molecular complexity index is 400. The van der Waals surface area contributed by atoms with E-state index in [9.17, 15) is 4.79 Å². The van der Waals surface area contributed by atoms with Crippen LogP contribution in [0.3, 0.4) is 0 Å². The van der Waals surface area contributed by atoms with Crippen LogP contribution in [0.25, 0.3) is 0 Å². The number of carbonyl (C=O) groups is 1. The molecule has 0 aliphatic carbocycles. The van der Waals surface area contributed by atoms with Gasteiger partial charge in [-0.3, -0.25) is 0 Å². The Balaban J connectivity index is 2.89. The molecule has 3 heteroatoms. The number of rotatable bonds is 3. The summed E-state index contributed by atoms with van der Waals surface area (Å²) in [6.07, 6.45) is 0. The van der Waals surface area contributed by atoms with Gasteiger partial charge >= 0.3 is 105 Å². The summed E-state index contributed by atoms with van der Waals surface area (Å²) in [6, 6.07) is 6.08. The molecule has 1 N–H and O–H groups in total. The Morgan fingerprint density at radius 2 is 1.65 bits per heavy atom. The number of amides is 1. The monoisotopic (exact) mass is 253 g/mol. The van der Waals surface area contributed by atoms with Gasteiger partial charge in [0.2, 0.25) is 0 Å². The molecule has 0 heterocycles. The number of aryl methyl sites for hydroxylation is 2. The summed E-state index contributed by atoms with van der Waals surface area (Å²) >= 11 is 0. The number of anilines is 1. The zero-order valence-corrected chi connectivity index (χ0v) is 12.7. The van der Waals surface area contributed by atoms with Gasteiger partial charge in [0.1, 0.15) is 0 Å². The van der Waals surface area contributed by atoms with E-state index in [0.717, 1.165) is 16.8 Å². The summed E-state index contributed by atoms with van der Waals surface area (Å²) in [5, 5.41) is 3.08. The van der Waals surface area contributed by atoms with Gasteiger partial charge in [-0.05, 0) is 0 Å². The normalized spacial score (nSPS) is 14.2. The van der Waals surface area contributed by atoms with Crippen molar-refractivity contribution in [3.05, 3.63) is 29.3 Å². The van der Waals surface area contributed by atoms with Gasteiger partial charge in [0.15, 0.2) is 0 Å². The molecule has 0 radical (unpaired) electrons. The maximum atomic E-state index is 12.2. The third-order valence-electron chi connectivity index (χ3n) is 3.42. The molecule has 0 aromatic heterocycles. The SMILES string of the molecule is Cc1cccc(C)c1NC(=O)C(C)[PH](C)(C)C. The molecule has 0 fully saturated rings. The Hall–Kier alpha value is -0.880. The second kappa shape index (κ2) is 5.18. The van der Waals surface area contributed by atoms with E-state index in [4.69, 9.17) is 0 Å². The Kier molecular flexibility index (Phi) is 4.32. The van der Waals surface area contributed by atoms with E-state index in [1.165, 1.54) is 0 Å². The molecule has 0 aliphatic rings. The van der Waals surface area contributed by atoms with Crippen LogP contribution in [-0.2, 0) is 4.79 Å². The Morgan fingerprint density at radius 3 is 2.06 bits per heavy atom. The van der Waals surface area contributed by atoms with Gasteiger partial charge in [0.05, 0.1) is 0 Å². The van der Waals surface area contributed by atoms with Crippen molar-refractivity contribution in [2.24, 2.45) is 0 Å². The first kappa shape index (κ1) is 14.2. The molecule has 0 saturated heterocycles. The van der Waals surface area contributed by atoms with Gasteiger partial charge in [-0.15, -0.1) is 0 Å². The first-order chi connectivity index (χ1) is 7.73. The van der Waals surface area contributed by atoms with E-state index < -0.39 is 7.26 Å². The molecule has 17 heavy (non-hydrogen) atoms. The van der Waals surface area contributed by atoms with E-state index in [1.54, 1.807) is 0 Å². The van der Waals surface area contributed by atoms with Gasteiger partial charge in [-0.25, -0.2) is 0 Å². The van der Waals surface area contributed by atoms with Gasteiger partial charge in [-0.2, -0.15) is 0 Å². The zero-order valence-electron chi connectivity index (χ0n) is 11.7. The summed E-state index contributed by atoms with van der Waals surface area (Å²) in [4.78, 5) is 12.2. The summed E-state index contributed by atoms with van der Waals surface area (Å²) in [6.45, 7) is 12.8. The molecule has 1 amide bonds. The van der Waals surface area contributed by atoms with Crippen molar-refractivity contribution >= 4 is 18.9 Å². The van der Waals surface area contributed by atoms with Crippen molar-refractivity contribution in [2.45, 2.75) is 26.4 Å². The van der Waals surface area contributed by atoms with Crippen LogP contribution in [0.1, 0.15) is 18.1 Å². The second-order valence-corrected chi connectivity index (χ2v) is 11.4. The standard InChI is InChI=1S/C14H24NOP/c1-10-8-7-9-11(2)13(10)15-14(16)12(3)17(4,5)6/h7-9,12,17H,1-6H3,(H,15,16). The van der Waals surface area contributed by atoms with Gasteiger partial charge in [0.25, 0.3) is 0 Å². The maximum absolute atomic E-state index is 12.2. The Labute approximate surface area is 105 Å². The van der Waals surface area contributed by atoms with Crippen molar-refractivity contribution in [1.82, 2.24) is 0 Å². The predicted octanol–water partition coefficient (Wildman–Crippen LogP) is 3.27. The molecule has 0 aliphatic heterocycles. The fraction of sp³-hybridized carbons (Fsp3) is 0.500. The van der Waals surface area contributed by atoms with Crippen molar-refractivity contribution in [1.29, 1.82) is 0 Å². The molecule has 1 unspecified atom stereocenters. The molecule has 1 aromatic carbocycles. The summed E-state index contributed by atoms with van der Waals surface area (Å²) in [7, 11) is -1.42. The van der Waals surface area contributed by atoms with Crippen molar-refractivity contribution in [2.75, 3.05) is 25.3 Å². The van der Waals surface area contributed by atoms with E-state index in [2.05, 4.69) is 25.3 Å². The molecule has 0 bridgehead atoms. The minimum atomic E-state index is -1.42. The molecule has 1 atom stereocenters. The second-order valence-electron chi connectivity index (χ2n) is 5.84. The van der Waals surface area contributed by atoms with E-state index >= 15 is 0 Å². The number of nitrogens with one attached hydrogen (secondary N) is 1. The van der Waals surface area contributed by atoms with Crippen LogP contribution in [0.15, 0.2) is 18.2 Å². The van der Waals surface area contributed by atoms with Crippen LogP contribution < -0.4 is 5.32 Å². The van der Waals surface area contributed by atoms with Crippen molar-refractivity contribution < 1.29 is 4.79 Å². The number of hydrogen-bond acceptors (Lipinski definition) is 1. The number of hydrogen-bond donors (Lipinski definition) is 1. The van der Waals surface area contributed by atoms with E-state index in [1.807, 2.05) is 39.0 Å². The molecule has 96 valence electrons. The third-order valence-corrected chi connectivity index (χ3v) is 6.28. The number of para-hydroxylation sites is 1. The minimum absolute atomic E-state index is 0.126. The van der Waals surface area contributed by atoms with E-state index in [0.29, 0.717) is 0 Å². The van der Waals surface area contributed by atoms with Gasteiger partial charge in [-0.1, -0.05) is 0 Å². The summed E-state index contributed by atoms with van der Waals surface area (Å²) < 4.78 is 0. The van der Waals surface area contributed by atoms with Gasteiger partial charge in [0, 0.05) is 0 Å². The topological polar surface area (TPSA) is 29.1 Å². The number of carbonyl (C=O) groups excluding carboxylic acids is 1. The molecule has 1 aromatic rings. The van der Waals surface area contributed by atoms with Gasteiger partial charge < -0.3 is 0 Å². The van der Waals surface area contributed by atoms with E-state index in [-0.39, 0.29) is 11.6 Å². The van der Waals surface area contributed by atoms with Crippen LogP contribution in [0.2, 0.25) is 0 Å². The van der Waals surface area contributed by atoms with Crippen LogP contribution in [-0.4, -0.2) is 31.6 Å². The van der Waals surface area contributed by atoms with Crippen molar-refractivity contribution in [3.63, 3.8) is 0 Å². The fourth-order valence-electron chi connectivity index (χ4n) is 1.64. The molecular formula is C14H24NOP. The Morgan fingerprint density at radius 1 is 1.18 bits per heavy atom. The molecule has 0 spiro atoms. The van der Waals surface area contributed by atoms with Crippen molar-refractivity contribution in [3.8, 4) is 0 Å². The third kappa shape index (κ3) is 3.54. The average Bonchev–Trinajstić information content (AvgIpc) is 2.21. The van der Waals surface area contributed by atoms with Crippen LogP contribution in [0, 0.1) is 13.8 Å². The average molecular weight is 253 g/mol. The predicted molar refractivity (Wildman–Crippen MR) is 80.1 cm³/mol. The first-order valence-electron chi connectivity index (χ1n) is 6.10. The zero-order chi connectivity index (χ0) is 13.2. The molecule has 2 nitrogen and oxygen atoms in total. The van der Waals surface area contributed by atoms with Crippen LogP contribution >= 0.6 is 7.26 Å². The fourth-order valence-corrected chi connectivity index (χ4v) is 2.50. The van der Waals surface area contributed by atoms with Crippen LogP contribution in [0.4, 0.5) is 5.69 Å². The molecular weight excluding hydrogens is 229 g/mol. The quantitative estimate of drug-likeness (QED) is 0.823. The molecule has 1 rings (SSSR count).